The van der Waals surface area contributed by atoms with Gasteiger partial charge >= 0.3 is 6.09 Å². The zero-order valence-electron chi connectivity index (χ0n) is 22.0. The number of aromatic amines is 1. The van der Waals surface area contributed by atoms with Crippen molar-refractivity contribution in [1.29, 1.82) is 0 Å². The van der Waals surface area contributed by atoms with Crippen molar-refractivity contribution < 1.29 is 9.53 Å². The van der Waals surface area contributed by atoms with E-state index in [-0.39, 0.29) is 12.1 Å². The van der Waals surface area contributed by atoms with Gasteiger partial charge in [0.15, 0.2) is 0 Å². The summed E-state index contributed by atoms with van der Waals surface area (Å²) >= 11 is 0. The van der Waals surface area contributed by atoms with Crippen molar-refractivity contribution in [3.05, 3.63) is 54.5 Å². The second-order valence-corrected chi connectivity index (χ2v) is 10.5. The number of nitrogens with zero attached hydrogens (tertiary/aromatic N) is 6. The van der Waals surface area contributed by atoms with Gasteiger partial charge in [0.2, 0.25) is 5.95 Å². The molecule has 0 aliphatic carbocycles. The Kier molecular flexibility index (Phi) is 6.59. The van der Waals surface area contributed by atoms with E-state index in [0.29, 0.717) is 19.0 Å². The number of aryl methyl sites for hydroxylation is 1. The van der Waals surface area contributed by atoms with Gasteiger partial charge < -0.3 is 19.9 Å². The molecule has 1 aliphatic heterocycles. The molecule has 2 N–H and O–H groups in total. The Labute approximate surface area is 216 Å². The lowest BCUT2D eigenvalue weighted by Crippen LogP contribution is -2.50. The van der Waals surface area contributed by atoms with Crippen LogP contribution in [0.3, 0.4) is 0 Å². The molecule has 194 valence electrons. The van der Waals surface area contributed by atoms with Gasteiger partial charge in [-0.05, 0) is 63.1 Å². The molecule has 1 aromatic carbocycles. The molecule has 1 atom stereocenters. The van der Waals surface area contributed by atoms with Gasteiger partial charge in [-0.15, -0.1) is 0 Å². The van der Waals surface area contributed by atoms with E-state index in [1.165, 1.54) is 0 Å². The Morgan fingerprint density at radius 1 is 1.11 bits per heavy atom. The number of anilines is 2. The molecule has 10 heteroatoms. The fourth-order valence-corrected chi connectivity index (χ4v) is 4.54. The number of fused-ring (bicyclic) bond motifs is 1. The van der Waals surface area contributed by atoms with Crippen LogP contribution in [0.4, 0.5) is 16.6 Å². The van der Waals surface area contributed by atoms with Crippen LogP contribution in [0.15, 0.2) is 48.9 Å². The number of pyridine rings is 1. The molecule has 4 aromatic rings. The number of ether oxygens (including phenoxy) is 1. The summed E-state index contributed by atoms with van der Waals surface area (Å²) in [6.07, 6.45) is 5.41. The molecule has 4 heterocycles. The minimum Gasteiger partial charge on any atom is -0.444 e. The van der Waals surface area contributed by atoms with Crippen molar-refractivity contribution in [3.8, 4) is 11.1 Å². The maximum absolute atomic E-state index is 12.4. The third-order valence-electron chi connectivity index (χ3n) is 6.55. The average Bonchev–Trinajstić information content (AvgIpc) is 3.47. The summed E-state index contributed by atoms with van der Waals surface area (Å²) in [6.45, 7) is 10.7. The summed E-state index contributed by atoms with van der Waals surface area (Å²) in [6, 6.07) is 10.4. The quantitative estimate of drug-likeness (QED) is 0.407. The topological polar surface area (TPSA) is 104 Å². The molecule has 1 saturated heterocycles. The number of nitrogens with one attached hydrogen (secondary N) is 2. The second kappa shape index (κ2) is 9.85. The van der Waals surface area contributed by atoms with E-state index in [1.807, 2.05) is 64.6 Å². The molecule has 1 fully saturated rings. The van der Waals surface area contributed by atoms with Crippen LogP contribution >= 0.6 is 0 Å². The number of carbonyl (C=O) groups is 1. The highest BCUT2D eigenvalue weighted by molar-refractivity contribution is 5.83. The summed E-state index contributed by atoms with van der Waals surface area (Å²) < 4.78 is 7.31. The van der Waals surface area contributed by atoms with Crippen molar-refractivity contribution in [3.63, 3.8) is 0 Å². The lowest BCUT2D eigenvalue weighted by molar-refractivity contribution is 0.0110. The maximum atomic E-state index is 12.4. The van der Waals surface area contributed by atoms with Crippen LogP contribution in [0.2, 0.25) is 0 Å². The van der Waals surface area contributed by atoms with E-state index in [4.69, 9.17) is 4.74 Å². The van der Waals surface area contributed by atoms with Crippen LogP contribution < -0.4 is 5.32 Å². The van der Waals surface area contributed by atoms with Crippen LogP contribution in [0.1, 0.15) is 39.3 Å². The van der Waals surface area contributed by atoms with Crippen molar-refractivity contribution in [1.82, 2.24) is 34.5 Å². The number of benzene rings is 1. The molecule has 0 saturated carbocycles. The smallest absolute Gasteiger partial charge is 0.410 e. The van der Waals surface area contributed by atoms with Crippen LogP contribution in [-0.2, 0) is 11.8 Å². The number of H-pyrrole nitrogens is 1. The van der Waals surface area contributed by atoms with E-state index in [2.05, 4.69) is 49.3 Å². The number of piperazine rings is 1. The summed E-state index contributed by atoms with van der Waals surface area (Å²) in [5, 5.41) is 7.57. The van der Waals surface area contributed by atoms with Gasteiger partial charge in [0.25, 0.3) is 0 Å². The number of hydrogen-bond acceptors (Lipinski definition) is 7. The molecular weight excluding hydrogens is 468 g/mol. The van der Waals surface area contributed by atoms with E-state index in [1.54, 1.807) is 9.58 Å². The van der Waals surface area contributed by atoms with Gasteiger partial charge in [-0.2, -0.15) is 5.10 Å². The minimum absolute atomic E-state index is 0.182. The predicted molar refractivity (Wildman–Crippen MR) is 144 cm³/mol. The molecule has 1 aliphatic rings. The molecule has 5 rings (SSSR count). The predicted octanol–water partition coefficient (Wildman–Crippen LogP) is 4.72. The normalized spacial score (nSPS) is 15.6. The first kappa shape index (κ1) is 24.8. The number of imidazole rings is 1. The van der Waals surface area contributed by atoms with Crippen molar-refractivity contribution in [2.45, 2.75) is 39.3 Å². The number of carbonyl (C=O) groups excluding carboxylic acids is 1. The fraction of sp³-hybridized carbons (Fsp3) is 0.407. The standard InChI is InChI=1S/C27H34N8O2/c1-18(34-10-12-35(13-11-34)26(36)37-27(2,3)4)19-8-9-28-24(15-19)32-25-30-22-7-6-20(14-23(22)31-25)21-16-29-33(5)17-21/h6-9,14-18H,10-13H2,1-5H3,(H2,28,30,31,32). The van der Waals surface area contributed by atoms with Gasteiger partial charge in [0.1, 0.15) is 11.4 Å². The highest BCUT2D eigenvalue weighted by Crippen LogP contribution is 2.27. The largest absolute Gasteiger partial charge is 0.444 e. The van der Waals surface area contributed by atoms with E-state index >= 15 is 0 Å². The second-order valence-electron chi connectivity index (χ2n) is 10.5. The average molecular weight is 503 g/mol. The minimum atomic E-state index is -0.483. The Bertz CT molecular complexity index is 1390. The maximum Gasteiger partial charge on any atom is 0.410 e. The molecule has 3 aromatic heterocycles. The molecule has 0 radical (unpaired) electrons. The van der Waals surface area contributed by atoms with Gasteiger partial charge in [-0.25, -0.2) is 14.8 Å². The monoisotopic (exact) mass is 502 g/mol. The van der Waals surface area contributed by atoms with Crippen molar-refractivity contribution in [2.75, 3.05) is 31.5 Å². The fourth-order valence-electron chi connectivity index (χ4n) is 4.54. The van der Waals surface area contributed by atoms with Gasteiger partial charge in [-0.1, -0.05) is 6.07 Å². The zero-order valence-corrected chi connectivity index (χ0v) is 22.0. The SMILES string of the molecule is CC(c1ccnc(Nc2nc3ccc(-c4cnn(C)c4)cc3[nH]2)c1)N1CCN(C(=O)OC(C)(C)C)CC1. The molecular formula is C27H34N8O2. The zero-order chi connectivity index (χ0) is 26.2. The molecule has 1 amide bonds. The summed E-state index contributed by atoms with van der Waals surface area (Å²) in [5.41, 5.74) is 4.63. The van der Waals surface area contributed by atoms with Crippen LogP contribution in [-0.4, -0.2) is 72.4 Å². The highest BCUT2D eigenvalue weighted by Gasteiger charge is 2.28. The summed E-state index contributed by atoms with van der Waals surface area (Å²) in [5.74, 6) is 1.37. The van der Waals surface area contributed by atoms with Crippen LogP contribution in [0.25, 0.3) is 22.2 Å². The van der Waals surface area contributed by atoms with Crippen molar-refractivity contribution in [2.24, 2.45) is 7.05 Å². The summed E-state index contributed by atoms with van der Waals surface area (Å²) in [7, 11) is 1.91. The molecule has 0 spiro atoms. The Morgan fingerprint density at radius 3 is 2.59 bits per heavy atom. The van der Waals surface area contributed by atoms with Gasteiger partial charge in [0, 0.05) is 57.2 Å². The van der Waals surface area contributed by atoms with Crippen LogP contribution in [0, 0.1) is 0 Å². The molecule has 1 unspecified atom stereocenters. The number of rotatable bonds is 5. The molecule has 37 heavy (non-hydrogen) atoms. The first-order valence-corrected chi connectivity index (χ1v) is 12.6. The molecule has 10 nitrogen and oxygen atoms in total. The number of hydrogen-bond donors (Lipinski definition) is 2. The summed E-state index contributed by atoms with van der Waals surface area (Å²) in [4.78, 5) is 29.1. The molecule has 0 bridgehead atoms. The highest BCUT2D eigenvalue weighted by atomic mass is 16.6. The Balaban J connectivity index is 1.24. The van der Waals surface area contributed by atoms with Crippen molar-refractivity contribution >= 4 is 28.9 Å². The first-order chi connectivity index (χ1) is 17.6. The Hall–Kier alpha value is -3.92. The van der Waals surface area contributed by atoms with E-state index in [0.717, 1.165) is 46.6 Å². The van der Waals surface area contributed by atoms with E-state index in [9.17, 15) is 4.79 Å². The third-order valence-corrected chi connectivity index (χ3v) is 6.55. The lowest BCUT2D eigenvalue weighted by Gasteiger charge is -2.38. The third kappa shape index (κ3) is 5.75. The lowest BCUT2D eigenvalue weighted by atomic mass is 10.1. The van der Waals surface area contributed by atoms with Gasteiger partial charge in [0.05, 0.1) is 17.2 Å². The van der Waals surface area contributed by atoms with Crippen LogP contribution in [0.5, 0.6) is 0 Å². The Morgan fingerprint density at radius 2 is 1.89 bits per heavy atom. The first-order valence-electron chi connectivity index (χ1n) is 12.6. The number of aromatic nitrogens is 5. The van der Waals surface area contributed by atoms with Gasteiger partial charge in [-0.3, -0.25) is 9.58 Å². The van der Waals surface area contributed by atoms with E-state index < -0.39 is 5.60 Å². The number of amides is 1.